The van der Waals surface area contributed by atoms with Gasteiger partial charge >= 0.3 is 6.03 Å². The smallest absolute Gasteiger partial charge is 0.333 e. The van der Waals surface area contributed by atoms with E-state index in [4.69, 9.17) is 0 Å². The van der Waals surface area contributed by atoms with Gasteiger partial charge in [-0.25, -0.2) is 14.8 Å². The number of carbonyl (C=O) groups is 3. The quantitative estimate of drug-likeness (QED) is 0.538. The molecule has 1 N–H and O–H groups in total. The standard InChI is InChI=1S/C30H37N5O3/c1-5-8-12-22(7-3)18-26-29(37)33(19-24-15-11-14-23-13-9-10-16-25(23)24)20-27-34(26)28(36)21-32(4)35(27)30(38)31-17-6-2/h5,7-16,26-27H,1,6,17-21H2,2-4H3,(H,31,38)/b12-8-,22-7+/t26-,27?/m0/s1. The Labute approximate surface area is 224 Å². The molecule has 4 amide bonds. The second kappa shape index (κ2) is 12.1. The predicted octanol–water partition coefficient (Wildman–Crippen LogP) is 4.07. The molecular weight excluding hydrogens is 478 g/mol. The molecule has 200 valence electrons. The van der Waals surface area contributed by atoms with E-state index in [1.165, 1.54) is 0 Å². The van der Waals surface area contributed by atoms with Crippen LogP contribution in [-0.4, -0.2) is 76.6 Å². The van der Waals surface area contributed by atoms with E-state index in [0.29, 0.717) is 19.5 Å². The van der Waals surface area contributed by atoms with Gasteiger partial charge in [0.15, 0.2) is 0 Å². The molecule has 2 aliphatic heterocycles. The molecule has 8 nitrogen and oxygen atoms in total. The van der Waals surface area contributed by atoms with Gasteiger partial charge in [0.1, 0.15) is 12.2 Å². The fourth-order valence-electron chi connectivity index (χ4n) is 5.29. The lowest BCUT2D eigenvalue weighted by Gasteiger charge is -2.54. The van der Waals surface area contributed by atoms with Crippen LogP contribution in [0.3, 0.4) is 0 Å². The van der Waals surface area contributed by atoms with Crippen LogP contribution in [0.25, 0.3) is 10.8 Å². The summed E-state index contributed by atoms with van der Waals surface area (Å²) in [6.45, 7) is 8.81. The first-order valence-corrected chi connectivity index (χ1v) is 13.2. The number of amides is 4. The summed E-state index contributed by atoms with van der Waals surface area (Å²) in [6.07, 6.45) is 7.89. The molecule has 2 atom stereocenters. The molecule has 2 heterocycles. The van der Waals surface area contributed by atoms with Gasteiger partial charge in [-0.05, 0) is 35.3 Å². The summed E-state index contributed by atoms with van der Waals surface area (Å²) < 4.78 is 0. The number of likely N-dealkylation sites (N-methyl/N-ethyl adjacent to an activating group) is 1. The lowest BCUT2D eigenvalue weighted by Crippen LogP contribution is -2.75. The number of urea groups is 1. The molecule has 0 aliphatic carbocycles. The van der Waals surface area contributed by atoms with Crippen LogP contribution in [-0.2, 0) is 16.1 Å². The molecule has 1 unspecified atom stereocenters. The average molecular weight is 516 g/mol. The normalized spacial score (nSPS) is 20.8. The lowest BCUT2D eigenvalue weighted by atomic mass is 9.97. The van der Waals surface area contributed by atoms with E-state index in [1.807, 2.05) is 56.3 Å². The highest BCUT2D eigenvalue weighted by Gasteiger charge is 2.50. The molecule has 4 rings (SSSR count). The first-order valence-electron chi connectivity index (χ1n) is 13.2. The minimum atomic E-state index is -0.730. The van der Waals surface area contributed by atoms with Gasteiger partial charge in [0.25, 0.3) is 0 Å². The third-order valence-electron chi connectivity index (χ3n) is 7.16. The first kappa shape index (κ1) is 27.1. The van der Waals surface area contributed by atoms with Gasteiger partial charge < -0.3 is 15.1 Å². The number of fused-ring (bicyclic) bond motifs is 2. The number of hydrogen-bond donors (Lipinski definition) is 1. The highest BCUT2D eigenvalue weighted by Crippen LogP contribution is 2.31. The maximum atomic E-state index is 14.0. The Bertz CT molecular complexity index is 1260. The second-order valence-electron chi connectivity index (χ2n) is 9.71. The Hall–Kier alpha value is -3.91. The zero-order chi connectivity index (χ0) is 27.2. The molecule has 0 saturated carbocycles. The van der Waals surface area contributed by atoms with Gasteiger partial charge in [-0.2, -0.15) is 0 Å². The number of nitrogens with zero attached hydrogens (tertiary/aromatic N) is 4. The van der Waals surface area contributed by atoms with Crippen LogP contribution in [0.2, 0.25) is 0 Å². The summed E-state index contributed by atoms with van der Waals surface area (Å²) in [6, 6.07) is 13.2. The van der Waals surface area contributed by atoms with Gasteiger partial charge in [-0.15, -0.1) is 0 Å². The lowest BCUT2D eigenvalue weighted by molar-refractivity contribution is -0.187. The Balaban J connectivity index is 1.74. The van der Waals surface area contributed by atoms with Crippen molar-refractivity contribution in [1.82, 2.24) is 25.1 Å². The van der Waals surface area contributed by atoms with E-state index in [0.717, 1.165) is 28.3 Å². The topological polar surface area (TPSA) is 76.2 Å². The molecule has 38 heavy (non-hydrogen) atoms. The molecule has 2 aromatic rings. The molecular formula is C30H37N5O3. The van der Waals surface area contributed by atoms with Crippen molar-refractivity contribution in [2.45, 2.75) is 45.4 Å². The third-order valence-corrected chi connectivity index (χ3v) is 7.16. The van der Waals surface area contributed by atoms with E-state index < -0.39 is 12.2 Å². The van der Waals surface area contributed by atoms with Crippen molar-refractivity contribution in [2.24, 2.45) is 0 Å². The number of carbonyl (C=O) groups excluding carboxylic acids is 3. The Morgan fingerprint density at radius 3 is 2.66 bits per heavy atom. The second-order valence-corrected chi connectivity index (χ2v) is 9.71. The minimum Gasteiger partial charge on any atom is -0.337 e. The summed E-state index contributed by atoms with van der Waals surface area (Å²) in [7, 11) is 1.74. The third kappa shape index (κ3) is 5.50. The minimum absolute atomic E-state index is 0.0246. The maximum absolute atomic E-state index is 14.0. The van der Waals surface area contributed by atoms with Crippen molar-refractivity contribution in [3.05, 3.63) is 84.5 Å². The molecule has 0 spiro atoms. The molecule has 0 radical (unpaired) electrons. The first-order chi connectivity index (χ1) is 18.4. The number of benzene rings is 2. The van der Waals surface area contributed by atoms with Gasteiger partial charge in [-0.3, -0.25) is 9.59 Å². The van der Waals surface area contributed by atoms with Crippen molar-refractivity contribution in [3.8, 4) is 0 Å². The predicted molar refractivity (Wildman–Crippen MR) is 150 cm³/mol. The summed E-state index contributed by atoms with van der Waals surface area (Å²) in [5.41, 5.74) is 1.95. The van der Waals surface area contributed by atoms with Gasteiger partial charge in [0.2, 0.25) is 11.8 Å². The number of allylic oxidation sites excluding steroid dienone is 4. The number of nitrogens with one attached hydrogen (secondary N) is 1. The fourth-order valence-corrected chi connectivity index (χ4v) is 5.29. The number of piperazine rings is 1. The molecule has 0 aromatic heterocycles. The number of rotatable bonds is 8. The SMILES string of the molecule is C=C/C=C\C(=C/C)C[C@H]1C(=O)N(Cc2cccc3ccccc23)CC2N1C(=O)CN(C)N2C(=O)NCCC. The Kier molecular flexibility index (Phi) is 8.63. The van der Waals surface area contributed by atoms with Gasteiger partial charge in [0.05, 0.1) is 13.1 Å². The molecule has 2 aliphatic rings. The van der Waals surface area contributed by atoms with E-state index in [1.54, 1.807) is 32.9 Å². The monoisotopic (exact) mass is 515 g/mol. The zero-order valence-corrected chi connectivity index (χ0v) is 22.5. The number of hydrogen-bond acceptors (Lipinski definition) is 4. The van der Waals surface area contributed by atoms with E-state index in [2.05, 4.69) is 30.1 Å². The highest BCUT2D eigenvalue weighted by atomic mass is 16.2. The van der Waals surface area contributed by atoms with Crippen LogP contribution in [0, 0.1) is 0 Å². The average Bonchev–Trinajstić information content (AvgIpc) is 2.91. The number of hydrazine groups is 1. The van der Waals surface area contributed by atoms with Crippen LogP contribution in [0.1, 0.15) is 32.3 Å². The van der Waals surface area contributed by atoms with Crippen LogP contribution < -0.4 is 5.32 Å². The summed E-state index contributed by atoms with van der Waals surface area (Å²) >= 11 is 0. The highest BCUT2D eigenvalue weighted by molar-refractivity contribution is 5.92. The molecule has 2 aromatic carbocycles. The van der Waals surface area contributed by atoms with Crippen molar-refractivity contribution >= 4 is 28.6 Å². The fraction of sp³-hybridized carbons (Fsp3) is 0.367. The van der Waals surface area contributed by atoms with E-state index in [9.17, 15) is 14.4 Å². The van der Waals surface area contributed by atoms with Crippen LogP contribution in [0.5, 0.6) is 0 Å². The van der Waals surface area contributed by atoms with Crippen molar-refractivity contribution in [2.75, 3.05) is 26.7 Å². The van der Waals surface area contributed by atoms with Crippen molar-refractivity contribution in [1.29, 1.82) is 0 Å². The Morgan fingerprint density at radius 1 is 1.16 bits per heavy atom. The van der Waals surface area contributed by atoms with E-state index >= 15 is 0 Å². The van der Waals surface area contributed by atoms with Crippen LogP contribution in [0.15, 0.2) is 78.9 Å². The van der Waals surface area contributed by atoms with Gasteiger partial charge in [-0.1, -0.05) is 80.3 Å². The largest absolute Gasteiger partial charge is 0.337 e. The Morgan fingerprint density at radius 2 is 1.92 bits per heavy atom. The van der Waals surface area contributed by atoms with Crippen molar-refractivity contribution < 1.29 is 14.4 Å². The van der Waals surface area contributed by atoms with Crippen LogP contribution >= 0.6 is 0 Å². The van der Waals surface area contributed by atoms with E-state index in [-0.39, 0.29) is 30.9 Å². The maximum Gasteiger partial charge on any atom is 0.333 e. The molecule has 2 fully saturated rings. The summed E-state index contributed by atoms with van der Waals surface area (Å²) in [4.78, 5) is 44.1. The molecule has 0 bridgehead atoms. The molecule has 2 saturated heterocycles. The summed E-state index contributed by atoms with van der Waals surface area (Å²) in [5, 5.41) is 8.39. The zero-order valence-electron chi connectivity index (χ0n) is 22.5. The molecule has 8 heteroatoms. The van der Waals surface area contributed by atoms with Gasteiger partial charge in [0, 0.05) is 26.6 Å². The van der Waals surface area contributed by atoms with Crippen molar-refractivity contribution in [3.63, 3.8) is 0 Å². The summed E-state index contributed by atoms with van der Waals surface area (Å²) in [5.74, 6) is -0.282. The van der Waals surface area contributed by atoms with Crippen LogP contribution in [0.4, 0.5) is 4.79 Å².